The molecule has 2 aromatic carbocycles. The van der Waals surface area contributed by atoms with E-state index in [1.54, 1.807) is 13.1 Å². The van der Waals surface area contributed by atoms with Crippen molar-refractivity contribution in [3.63, 3.8) is 0 Å². The predicted molar refractivity (Wildman–Crippen MR) is 113 cm³/mol. The number of nitrogens with zero attached hydrogens (tertiary/aromatic N) is 3. The molecule has 1 aromatic heterocycles. The zero-order valence-electron chi connectivity index (χ0n) is 17.1. The van der Waals surface area contributed by atoms with E-state index in [2.05, 4.69) is 5.32 Å². The maximum Gasteiger partial charge on any atom is 0.416 e. The number of carbonyl (C=O) groups is 1. The monoisotopic (exact) mass is 432 g/mol. The van der Waals surface area contributed by atoms with Gasteiger partial charge < -0.3 is 10.2 Å². The van der Waals surface area contributed by atoms with Gasteiger partial charge in [0, 0.05) is 33.1 Å². The highest BCUT2D eigenvalue weighted by molar-refractivity contribution is 5.94. The van der Waals surface area contributed by atoms with Gasteiger partial charge >= 0.3 is 11.9 Å². The van der Waals surface area contributed by atoms with Crippen LogP contribution in [0.4, 0.5) is 24.5 Å². The Hall–Kier alpha value is -3.23. The highest BCUT2D eigenvalue weighted by atomic mass is 19.4. The smallest absolute Gasteiger partial charge is 0.370 e. The average molecular weight is 432 g/mol. The average Bonchev–Trinajstić information content (AvgIpc) is 3.34. The van der Waals surface area contributed by atoms with Crippen LogP contribution in [0.15, 0.2) is 47.3 Å². The zero-order chi connectivity index (χ0) is 22.2. The summed E-state index contributed by atoms with van der Waals surface area (Å²) in [5.41, 5.74) is 1.14. The molecular formula is C22H23F3N4O2. The van der Waals surface area contributed by atoms with Crippen molar-refractivity contribution in [3.05, 3.63) is 58.5 Å². The Morgan fingerprint density at radius 3 is 2.42 bits per heavy atom. The Balaban J connectivity index is 1.56. The molecule has 1 aliphatic rings. The van der Waals surface area contributed by atoms with Crippen molar-refractivity contribution in [2.45, 2.75) is 32.0 Å². The minimum absolute atomic E-state index is 0.0381. The number of anilines is 2. The van der Waals surface area contributed by atoms with Crippen LogP contribution in [0, 0.1) is 0 Å². The lowest BCUT2D eigenvalue weighted by Gasteiger charge is -2.23. The molecular weight excluding hydrogens is 409 g/mol. The Kier molecular flexibility index (Phi) is 5.51. The number of para-hydroxylation sites is 2. The van der Waals surface area contributed by atoms with E-state index in [-0.39, 0.29) is 24.3 Å². The number of fused-ring (bicyclic) bond motifs is 1. The predicted octanol–water partition coefficient (Wildman–Crippen LogP) is 3.99. The molecule has 1 saturated heterocycles. The first-order valence-electron chi connectivity index (χ1n) is 10.2. The van der Waals surface area contributed by atoms with Gasteiger partial charge in [0.1, 0.15) is 0 Å². The molecule has 0 bridgehead atoms. The van der Waals surface area contributed by atoms with E-state index in [1.165, 1.54) is 15.2 Å². The number of benzene rings is 2. The molecule has 4 rings (SSSR count). The summed E-state index contributed by atoms with van der Waals surface area (Å²) in [6.07, 6.45) is -2.63. The molecule has 0 unspecified atom stereocenters. The maximum atomic E-state index is 13.2. The first kappa shape index (κ1) is 21.0. The molecule has 164 valence electrons. The molecule has 6 nitrogen and oxygen atoms in total. The number of rotatable bonds is 5. The second kappa shape index (κ2) is 8.13. The highest BCUT2D eigenvalue weighted by Gasteiger charge is 2.32. The van der Waals surface area contributed by atoms with Gasteiger partial charge in [-0.1, -0.05) is 12.1 Å². The molecule has 0 atom stereocenters. The van der Waals surface area contributed by atoms with Gasteiger partial charge in [0.2, 0.25) is 5.91 Å². The first-order chi connectivity index (χ1) is 14.8. The minimum atomic E-state index is -4.50. The molecule has 0 saturated carbocycles. The Labute approximate surface area is 176 Å². The summed E-state index contributed by atoms with van der Waals surface area (Å²) in [7, 11) is 1.66. The topological polar surface area (TPSA) is 59.3 Å². The minimum Gasteiger partial charge on any atom is -0.370 e. The number of aryl methyl sites for hydroxylation is 2. The first-order valence-corrected chi connectivity index (χ1v) is 10.2. The second-order valence-corrected chi connectivity index (χ2v) is 7.70. The SMILES string of the molecule is Cn1c(=O)n(CCC(=O)Nc2cc(C(F)(F)F)ccc2N2CCCC2)c2ccccc21. The summed E-state index contributed by atoms with van der Waals surface area (Å²) in [4.78, 5) is 27.1. The summed E-state index contributed by atoms with van der Waals surface area (Å²) in [5, 5.41) is 2.64. The van der Waals surface area contributed by atoms with Crippen LogP contribution in [0.25, 0.3) is 11.0 Å². The van der Waals surface area contributed by atoms with Gasteiger partial charge in [-0.15, -0.1) is 0 Å². The lowest BCUT2D eigenvalue weighted by Crippen LogP contribution is -2.25. The van der Waals surface area contributed by atoms with Gasteiger partial charge in [0.25, 0.3) is 0 Å². The molecule has 0 aliphatic carbocycles. The third-order valence-corrected chi connectivity index (χ3v) is 5.66. The number of hydrogen-bond acceptors (Lipinski definition) is 3. The fourth-order valence-electron chi connectivity index (χ4n) is 4.05. The van der Waals surface area contributed by atoms with Crippen LogP contribution in [-0.2, 0) is 24.6 Å². The zero-order valence-corrected chi connectivity index (χ0v) is 17.1. The number of alkyl halides is 3. The van der Waals surface area contributed by atoms with Crippen molar-refractivity contribution < 1.29 is 18.0 Å². The number of imidazole rings is 1. The van der Waals surface area contributed by atoms with E-state index < -0.39 is 17.6 Å². The Morgan fingerprint density at radius 1 is 1.06 bits per heavy atom. The molecule has 1 fully saturated rings. The van der Waals surface area contributed by atoms with E-state index in [1.807, 2.05) is 23.1 Å². The molecule has 1 N–H and O–H groups in total. The number of amides is 1. The molecule has 2 heterocycles. The van der Waals surface area contributed by atoms with Crippen molar-refractivity contribution in [3.8, 4) is 0 Å². The Morgan fingerprint density at radius 2 is 1.74 bits per heavy atom. The fraction of sp³-hybridized carbons (Fsp3) is 0.364. The number of carbonyl (C=O) groups excluding carboxylic acids is 1. The van der Waals surface area contributed by atoms with Crippen molar-refractivity contribution in [2.75, 3.05) is 23.3 Å². The number of aromatic nitrogens is 2. The fourth-order valence-corrected chi connectivity index (χ4v) is 4.05. The molecule has 0 spiro atoms. The third kappa shape index (κ3) is 4.17. The molecule has 3 aromatic rings. The van der Waals surface area contributed by atoms with Crippen LogP contribution in [0.1, 0.15) is 24.8 Å². The van der Waals surface area contributed by atoms with Crippen molar-refractivity contribution >= 4 is 28.3 Å². The quantitative estimate of drug-likeness (QED) is 0.663. The highest BCUT2D eigenvalue weighted by Crippen LogP contribution is 2.36. The third-order valence-electron chi connectivity index (χ3n) is 5.66. The molecule has 1 aliphatic heterocycles. The summed E-state index contributed by atoms with van der Waals surface area (Å²) >= 11 is 0. The van der Waals surface area contributed by atoms with Gasteiger partial charge in [0.15, 0.2) is 0 Å². The summed E-state index contributed by atoms with van der Waals surface area (Å²) in [5.74, 6) is -0.445. The number of halogens is 3. The molecule has 1 amide bonds. The van der Waals surface area contributed by atoms with Crippen molar-refractivity contribution in [1.82, 2.24) is 9.13 Å². The second-order valence-electron chi connectivity index (χ2n) is 7.70. The van der Waals surface area contributed by atoms with Gasteiger partial charge in [-0.2, -0.15) is 13.2 Å². The van der Waals surface area contributed by atoms with E-state index >= 15 is 0 Å². The van der Waals surface area contributed by atoms with E-state index in [0.29, 0.717) is 11.2 Å². The van der Waals surface area contributed by atoms with E-state index in [9.17, 15) is 22.8 Å². The van der Waals surface area contributed by atoms with E-state index in [4.69, 9.17) is 0 Å². The van der Waals surface area contributed by atoms with Gasteiger partial charge in [-0.3, -0.25) is 13.9 Å². The van der Waals surface area contributed by atoms with Crippen molar-refractivity contribution in [2.24, 2.45) is 7.05 Å². The Bertz CT molecular complexity index is 1170. The summed E-state index contributed by atoms with van der Waals surface area (Å²) in [6, 6.07) is 10.7. The summed E-state index contributed by atoms with van der Waals surface area (Å²) < 4.78 is 42.6. The standard InChI is InChI=1S/C22H23F3N4O2/c1-27-18-6-2-3-7-19(18)29(21(27)31)13-10-20(30)26-16-14-15(22(23,24)25)8-9-17(16)28-11-4-5-12-28/h2-3,6-9,14H,4-5,10-13H2,1H3,(H,26,30). The van der Waals surface area contributed by atoms with Gasteiger partial charge in [-0.25, -0.2) is 4.79 Å². The largest absolute Gasteiger partial charge is 0.416 e. The normalized spacial score (nSPS) is 14.4. The van der Waals surface area contributed by atoms with E-state index in [0.717, 1.165) is 43.6 Å². The maximum absolute atomic E-state index is 13.2. The van der Waals surface area contributed by atoms with Crippen LogP contribution >= 0.6 is 0 Å². The van der Waals surface area contributed by atoms with Crippen LogP contribution < -0.4 is 15.9 Å². The van der Waals surface area contributed by atoms with Gasteiger partial charge in [-0.05, 0) is 43.2 Å². The van der Waals surface area contributed by atoms with Crippen LogP contribution in [0.2, 0.25) is 0 Å². The van der Waals surface area contributed by atoms with Crippen LogP contribution in [-0.4, -0.2) is 28.1 Å². The summed E-state index contributed by atoms with van der Waals surface area (Å²) in [6.45, 7) is 1.60. The number of nitrogens with one attached hydrogen (secondary N) is 1. The lowest BCUT2D eigenvalue weighted by atomic mass is 10.1. The number of hydrogen-bond donors (Lipinski definition) is 1. The van der Waals surface area contributed by atoms with Crippen LogP contribution in [0.5, 0.6) is 0 Å². The molecule has 0 radical (unpaired) electrons. The van der Waals surface area contributed by atoms with Crippen molar-refractivity contribution in [1.29, 1.82) is 0 Å². The lowest BCUT2D eigenvalue weighted by molar-refractivity contribution is -0.137. The van der Waals surface area contributed by atoms with Crippen LogP contribution in [0.3, 0.4) is 0 Å². The molecule has 31 heavy (non-hydrogen) atoms. The molecule has 9 heteroatoms. The van der Waals surface area contributed by atoms with Gasteiger partial charge in [0.05, 0.1) is 28.0 Å².